The predicted octanol–water partition coefficient (Wildman–Crippen LogP) is 3.36. The molecule has 76 valence electrons. The summed E-state index contributed by atoms with van der Waals surface area (Å²) in [6, 6.07) is 2.01. The lowest BCUT2D eigenvalue weighted by molar-refractivity contribution is 0.758. The van der Waals surface area contributed by atoms with Gasteiger partial charge in [0.15, 0.2) is 0 Å². The van der Waals surface area contributed by atoms with Gasteiger partial charge in [-0.25, -0.2) is 4.98 Å². The van der Waals surface area contributed by atoms with E-state index in [1.807, 2.05) is 12.3 Å². The first-order valence-corrected chi connectivity index (χ1v) is 5.91. The number of nitrogens with one attached hydrogen (secondary N) is 1. The lowest BCUT2D eigenvalue weighted by Gasteiger charge is -2.08. The summed E-state index contributed by atoms with van der Waals surface area (Å²) in [4.78, 5) is 4.30. The zero-order valence-electron chi connectivity index (χ0n) is 8.39. The molecule has 2 nitrogen and oxygen atoms in total. The number of hydrogen-bond acceptors (Lipinski definition) is 2. The summed E-state index contributed by atoms with van der Waals surface area (Å²) in [6.45, 7) is 3.12. The maximum absolute atomic E-state index is 4.30. The van der Waals surface area contributed by atoms with Gasteiger partial charge in [0.25, 0.3) is 0 Å². The first kappa shape index (κ1) is 9.97. The summed E-state index contributed by atoms with van der Waals surface area (Å²) in [6.07, 6.45) is 5.97. The highest BCUT2D eigenvalue weighted by Gasteiger charge is 2.20. The number of hydrogen-bond donors (Lipinski definition) is 1. The third kappa shape index (κ3) is 2.47. The van der Waals surface area contributed by atoms with E-state index in [-0.39, 0.29) is 0 Å². The Morgan fingerprint density at radius 2 is 2.36 bits per heavy atom. The molecule has 0 radical (unpaired) electrons. The molecular weight excluding hydrogens is 240 g/mol. The lowest BCUT2D eigenvalue weighted by atomic mass is 10.3. The van der Waals surface area contributed by atoms with Crippen molar-refractivity contribution in [3.8, 4) is 0 Å². The maximum Gasteiger partial charge on any atom is 0.140 e. The topological polar surface area (TPSA) is 24.9 Å². The SMILES string of the molecule is Cc1ccnc(NCCC2CC2)c1Br. The van der Waals surface area contributed by atoms with Crippen molar-refractivity contribution in [2.75, 3.05) is 11.9 Å². The Labute approximate surface area is 93.3 Å². The van der Waals surface area contributed by atoms with Gasteiger partial charge in [-0.2, -0.15) is 0 Å². The summed E-state index contributed by atoms with van der Waals surface area (Å²) in [5, 5.41) is 3.37. The van der Waals surface area contributed by atoms with E-state index < -0.39 is 0 Å². The average molecular weight is 255 g/mol. The Kier molecular flexibility index (Phi) is 3.06. The molecule has 1 aromatic rings. The molecule has 1 aliphatic carbocycles. The highest BCUT2D eigenvalue weighted by molar-refractivity contribution is 9.10. The van der Waals surface area contributed by atoms with Crippen LogP contribution in [0.2, 0.25) is 0 Å². The number of rotatable bonds is 4. The minimum atomic E-state index is 0.977. The molecule has 1 aliphatic rings. The minimum absolute atomic E-state index is 0.977. The van der Waals surface area contributed by atoms with Crippen molar-refractivity contribution in [3.05, 3.63) is 22.3 Å². The van der Waals surface area contributed by atoms with Crippen LogP contribution in [-0.2, 0) is 0 Å². The molecule has 1 aromatic heterocycles. The predicted molar refractivity (Wildman–Crippen MR) is 62.5 cm³/mol. The van der Waals surface area contributed by atoms with Crippen LogP contribution < -0.4 is 5.32 Å². The van der Waals surface area contributed by atoms with Crippen molar-refractivity contribution in [2.24, 2.45) is 5.92 Å². The second-order valence-corrected chi connectivity index (χ2v) is 4.74. The Morgan fingerprint density at radius 3 is 3.07 bits per heavy atom. The smallest absolute Gasteiger partial charge is 0.140 e. The van der Waals surface area contributed by atoms with Gasteiger partial charge in [-0.3, -0.25) is 0 Å². The Bertz CT molecular complexity index is 321. The van der Waals surface area contributed by atoms with Crippen LogP contribution in [0.3, 0.4) is 0 Å². The molecule has 1 N–H and O–H groups in total. The van der Waals surface area contributed by atoms with Crippen LogP contribution in [-0.4, -0.2) is 11.5 Å². The Morgan fingerprint density at radius 1 is 1.57 bits per heavy atom. The monoisotopic (exact) mass is 254 g/mol. The van der Waals surface area contributed by atoms with Crippen LogP contribution in [0.1, 0.15) is 24.8 Å². The van der Waals surface area contributed by atoms with Crippen molar-refractivity contribution in [1.82, 2.24) is 4.98 Å². The van der Waals surface area contributed by atoms with E-state index in [1.54, 1.807) is 0 Å². The van der Waals surface area contributed by atoms with Gasteiger partial charge in [-0.05, 0) is 46.8 Å². The number of aryl methyl sites for hydroxylation is 1. The van der Waals surface area contributed by atoms with Gasteiger partial charge in [-0.15, -0.1) is 0 Å². The molecule has 14 heavy (non-hydrogen) atoms. The van der Waals surface area contributed by atoms with Crippen LogP contribution in [0.25, 0.3) is 0 Å². The molecule has 0 unspecified atom stereocenters. The molecular formula is C11H15BrN2. The van der Waals surface area contributed by atoms with Crippen molar-refractivity contribution in [3.63, 3.8) is 0 Å². The highest BCUT2D eigenvalue weighted by atomic mass is 79.9. The fourth-order valence-corrected chi connectivity index (χ4v) is 1.84. The second kappa shape index (κ2) is 4.30. The number of nitrogens with zero attached hydrogens (tertiary/aromatic N) is 1. The number of aromatic nitrogens is 1. The van der Waals surface area contributed by atoms with Gasteiger partial charge in [0, 0.05) is 12.7 Å². The van der Waals surface area contributed by atoms with Crippen LogP contribution in [0.5, 0.6) is 0 Å². The molecule has 2 rings (SSSR count). The number of pyridine rings is 1. The third-order valence-corrected chi connectivity index (χ3v) is 3.63. The average Bonchev–Trinajstić information content (AvgIpc) is 2.96. The van der Waals surface area contributed by atoms with Crippen LogP contribution in [0, 0.1) is 12.8 Å². The fraction of sp³-hybridized carbons (Fsp3) is 0.545. The summed E-state index contributed by atoms with van der Waals surface area (Å²) in [7, 11) is 0. The zero-order valence-corrected chi connectivity index (χ0v) is 9.97. The van der Waals surface area contributed by atoms with Gasteiger partial charge >= 0.3 is 0 Å². The van der Waals surface area contributed by atoms with Crippen molar-refractivity contribution in [2.45, 2.75) is 26.2 Å². The fourth-order valence-electron chi connectivity index (χ4n) is 1.46. The van der Waals surface area contributed by atoms with Gasteiger partial charge in [-0.1, -0.05) is 12.8 Å². The van der Waals surface area contributed by atoms with E-state index >= 15 is 0 Å². The Hall–Kier alpha value is -0.570. The van der Waals surface area contributed by atoms with E-state index in [9.17, 15) is 0 Å². The third-order valence-electron chi connectivity index (χ3n) is 2.62. The molecule has 0 aliphatic heterocycles. The standard InChI is InChI=1S/C11H15BrN2/c1-8-4-6-13-11(10(8)12)14-7-5-9-2-3-9/h4,6,9H,2-3,5,7H2,1H3,(H,13,14). The van der Waals surface area contributed by atoms with Crippen LogP contribution in [0.4, 0.5) is 5.82 Å². The summed E-state index contributed by atoms with van der Waals surface area (Å²) in [5.41, 5.74) is 1.23. The van der Waals surface area contributed by atoms with E-state index in [0.29, 0.717) is 0 Å². The Balaban J connectivity index is 1.90. The highest BCUT2D eigenvalue weighted by Crippen LogP contribution is 2.32. The minimum Gasteiger partial charge on any atom is -0.369 e. The van der Waals surface area contributed by atoms with Crippen molar-refractivity contribution >= 4 is 21.7 Å². The van der Waals surface area contributed by atoms with E-state index in [4.69, 9.17) is 0 Å². The van der Waals surface area contributed by atoms with Crippen LogP contribution >= 0.6 is 15.9 Å². The lowest BCUT2D eigenvalue weighted by Crippen LogP contribution is -2.05. The molecule has 3 heteroatoms. The number of anilines is 1. The molecule has 0 saturated heterocycles. The van der Waals surface area contributed by atoms with Crippen LogP contribution in [0.15, 0.2) is 16.7 Å². The summed E-state index contributed by atoms with van der Waals surface area (Å²) >= 11 is 3.54. The normalized spacial score (nSPS) is 15.6. The van der Waals surface area contributed by atoms with Crippen molar-refractivity contribution < 1.29 is 0 Å². The van der Waals surface area contributed by atoms with Gasteiger partial charge in [0.1, 0.15) is 5.82 Å². The van der Waals surface area contributed by atoms with Gasteiger partial charge < -0.3 is 5.32 Å². The van der Waals surface area contributed by atoms with E-state index in [0.717, 1.165) is 22.8 Å². The van der Waals surface area contributed by atoms with Gasteiger partial charge in [0.2, 0.25) is 0 Å². The molecule has 0 amide bonds. The molecule has 0 spiro atoms. The molecule has 0 bridgehead atoms. The first-order chi connectivity index (χ1) is 6.77. The zero-order chi connectivity index (χ0) is 9.97. The molecule has 1 fully saturated rings. The van der Waals surface area contributed by atoms with Gasteiger partial charge in [0.05, 0.1) is 4.47 Å². The van der Waals surface area contributed by atoms with E-state index in [2.05, 4.69) is 33.2 Å². The second-order valence-electron chi connectivity index (χ2n) is 3.95. The molecule has 1 saturated carbocycles. The molecule has 1 heterocycles. The summed E-state index contributed by atoms with van der Waals surface area (Å²) < 4.78 is 1.09. The maximum atomic E-state index is 4.30. The molecule has 0 aromatic carbocycles. The largest absolute Gasteiger partial charge is 0.369 e. The quantitative estimate of drug-likeness (QED) is 0.892. The van der Waals surface area contributed by atoms with E-state index in [1.165, 1.54) is 24.8 Å². The molecule has 0 atom stereocenters. The summed E-state index contributed by atoms with van der Waals surface area (Å²) in [5.74, 6) is 1.96. The van der Waals surface area contributed by atoms with Crippen molar-refractivity contribution in [1.29, 1.82) is 0 Å². The first-order valence-electron chi connectivity index (χ1n) is 5.12. The number of halogens is 1.